The predicted molar refractivity (Wildman–Crippen MR) is 42.3 cm³/mol. The maximum absolute atomic E-state index is 9.77. The van der Waals surface area contributed by atoms with Crippen LogP contribution in [0.5, 0.6) is 5.75 Å². The minimum Gasteiger partial charge on any atom is -0.507 e. The smallest absolute Gasteiger partial charge is 0.121 e. The Morgan fingerprint density at radius 1 is 1.55 bits per heavy atom. The summed E-state index contributed by atoms with van der Waals surface area (Å²) in [5.74, 6) is -1.14. The molecule has 0 unspecified atom stereocenters. The van der Waals surface area contributed by atoms with E-state index in [1.165, 1.54) is 6.07 Å². The van der Waals surface area contributed by atoms with Crippen LogP contribution in [-0.4, -0.2) is 5.11 Å². The van der Waals surface area contributed by atoms with Crippen LogP contribution in [0.15, 0.2) is 12.1 Å². The first-order valence-electron chi connectivity index (χ1n) is 6.70. The maximum Gasteiger partial charge on any atom is 0.121 e. The molecule has 1 aromatic rings. The van der Waals surface area contributed by atoms with E-state index in [0.29, 0.717) is 0 Å². The standard InChI is InChI=1S/C9H9NO/c1-6-3-8(5-10)4-7(2)9(6)11/h3-4,11H,1-2H3/i1D3,2D3,3D,4D. The lowest BCUT2D eigenvalue weighted by atomic mass is 10.1. The molecule has 0 aliphatic rings. The molecule has 0 saturated heterocycles. The van der Waals surface area contributed by atoms with Gasteiger partial charge in [0.25, 0.3) is 0 Å². The van der Waals surface area contributed by atoms with Crippen LogP contribution in [-0.2, 0) is 0 Å². The summed E-state index contributed by atoms with van der Waals surface area (Å²) < 4.78 is 58.3. The van der Waals surface area contributed by atoms with Gasteiger partial charge in [-0.2, -0.15) is 5.26 Å². The Kier molecular flexibility index (Phi) is 0.537. The zero-order valence-corrected chi connectivity index (χ0v) is 5.39. The first-order chi connectivity index (χ1) is 8.42. The summed E-state index contributed by atoms with van der Waals surface area (Å²) in [6.45, 7) is -5.92. The van der Waals surface area contributed by atoms with Crippen LogP contribution in [0.1, 0.15) is 27.7 Å². The summed E-state index contributed by atoms with van der Waals surface area (Å²) in [6, 6.07) is -0.269. The molecule has 2 heteroatoms. The third-order valence-electron chi connectivity index (χ3n) is 1.09. The Morgan fingerprint density at radius 2 is 2.09 bits per heavy atom. The van der Waals surface area contributed by atoms with Gasteiger partial charge in [0.05, 0.1) is 14.4 Å². The predicted octanol–water partition coefficient (Wildman–Crippen LogP) is 1.88. The van der Waals surface area contributed by atoms with Gasteiger partial charge < -0.3 is 5.11 Å². The zero-order valence-electron chi connectivity index (χ0n) is 13.4. The molecule has 0 aliphatic heterocycles. The SMILES string of the molecule is [2H]c1c(C#N)c([2H])c(C([2H])([2H])[2H])c(O)c1C([2H])([2H])[2H]. The van der Waals surface area contributed by atoms with Crippen molar-refractivity contribution in [1.29, 1.82) is 5.26 Å². The van der Waals surface area contributed by atoms with Crippen LogP contribution in [0.4, 0.5) is 0 Å². The second-order valence-corrected chi connectivity index (χ2v) is 1.84. The van der Waals surface area contributed by atoms with Crippen LogP contribution >= 0.6 is 0 Å². The number of phenols is 1. The quantitative estimate of drug-likeness (QED) is 0.621. The molecule has 0 fully saturated rings. The molecule has 0 aromatic heterocycles. The van der Waals surface area contributed by atoms with Gasteiger partial charge in [0.2, 0.25) is 0 Å². The molecule has 0 bridgehead atoms. The molecule has 1 aromatic carbocycles. The van der Waals surface area contributed by atoms with Crippen LogP contribution in [0.3, 0.4) is 0 Å². The Labute approximate surface area is 77.0 Å². The highest BCUT2D eigenvalue weighted by atomic mass is 16.3. The third-order valence-corrected chi connectivity index (χ3v) is 1.09. The van der Waals surface area contributed by atoms with E-state index in [1.807, 2.05) is 0 Å². The van der Waals surface area contributed by atoms with Gasteiger partial charge in [-0.1, -0.05) is 0 Å². The fourth-order valence-corrected chi connectivity index (χ4v) is 0.581. The molecule has 1 rings (SSSR count). The average molecular weight is 155 g/mol. The topological polar surface area (TPSA) is 44.0 Å². The van der Waals surface area contributed by atoms with Crippen molar-refractivity contribution in [1.82, 2.24) is 0 Å². The van der Waals surface area contributed by atoms with Crippen LogP contribution in [0.25, 0.3) is 0 Å². The summed E-state index contributed by atoms with van der Waals surface area (Å²) in [4.78, 5) is 0. The monoisotopic (exact) mass is 155 g/mol. The third kappa shape index (κ3) is 1.32. The van der Waals surface area contributed by atoms with Crippen LogP contribution < -0.4 is 0 Å². The first kappa shape index (κ1) is 2.25. The molecule has 0 radical (unpaired) electrons. The molecule has 0 amide bonds. The number of nitriles is 1. The van der Waals surface area contributed by atoms with E-state index in [4.69, 9.17) is 16.2 Å². The summed E-state index contributed by atoms with van der Waals surface area (Å²) in [5.41, 5.74) is -2.53. The molecule has 0 heterocycles. The van der Waals surface area contributed by atoms with Gasteiger partial charge in [-0.15, -0.1) is 0 Å². The van der Waals surface area contributed by atoms with E-state index in [2.05, 4.69) is 0 Å². The Bertz CT molecular complexity index is 525. The highest BCUT2D eigenvalue weighted by molar-refractivity contribution is 5.45. The summed E-state index contributed by atoms with van der Waals surface area (Å²) in [6.07, 6.45) is 0. The Morgan fingerprint density at radius 3 is 2.45 bits per heavy atom. The van der Waals surface area contributed by atoms with Gasteiger partial charge in [0, 0.05) is 8.22 Å². The zero-order chi connectivity index (χ0) is 15.2. The van der Waals surface area contributed by atoms with E-state index >= 15 is 0 Å². The number of benzene rings is 1. The van der Waals surface area contributed by atoms with Crippen molar-refractivity contribution in [3.8, 4) is 11.8 Å². The van der Waals surface area contributed by atoms with Gasteiger partial charge in [-0.05, 0) is 36.9 Å². The first-order valence-corrected chi connectivity index (χ1v) is 2.70. The number of hydrogen-bond acceptors (Lipinski definition) is 2. The van der Waals surface area contributed by atoms with E-state index in [1.54, 1.807) is 0 Å². The highest BCUT2D eigenvalue weighted by Crippen LogP contribution is 2.22. The Hall–Kier alpha value is -1.49. The van der Waals surface area contributed by atoms with Crippen LogP contribution in [0, 0.1) is 25.0 Å². The van der Waals surface area contributed by atoms with Gasteiger partial charge >= 0.3 is 0 Å². The van der Waals surface area contributed by atoms with Crippen molar-refractivity contribution >= 4 is 0 Å². The minimum atomic E-state index is -2.96. The Balaban J connectivity index is 3.95. The number of aromatic hydroxyl groups is 1. The highest BCUT2D eigenvalue weighted by Gasteiger charge is 2.01. The second kappa shape index (κ2) is 2.63. The molecule has 56 valence electrons. The van der Waals surface area contributed by atoms with E-state index < -0.39 is 48.2 Å². The normalized spacial score (nSPS) is 22.1. The summed E-state index contributed by atoms with van der Waals surface area (Å²) in [7, 11) is 0. The number of nitrogens with zero attached hydrogens (tertiary/aromatic N) is 1. The largest absolute Gasteiger partial charge is 0.507 e. The average Bonchev–Trinajstić information content (AvgIpc) is 2.12. The van der Waals surface area contributed by atoms with Crippen molar-refractivity contribution in [2.75, 3.05) is 0 Å². The van der Waals surface area contributed by atoms with Crippen molar-refractivity contribution in [2.45, 2.75) is 13.7 Å². The lowest BCUT2D eigenvalue weighted by molar-refractivity contribution is 0.467. The fraction of sp³-hybridized carbons (Fsp3) is 0.222. The number of phenolic OH excluding ortho intramolecular Hbond substituents is 1. The fourth-order valence-electron chi connectivity index (χ4n) is 0.581. The van der Waals surface area contributed by atoms with Gasteiger partial charge in [-0.3, -0.25) is 0 Å². The minimum absolute atomic E-state index is 0.685. The van der Waals surface area contributed by atoms with Gasteiger partial charge in [0.1, 0.15) is 5.75 Å². The van der Waals surface area contributed by atoms with E-state index in [-0.39, 0.29) is 0 Å². The maximum atomic E-state index is 9.77. The molecule has 0 spiro atoms. The second-order valence-electron chi connectivity index (χ2n) is 1.84. The van der Waals surface area contributed by atoms with Crippen LogP contribution in [0.2, 0.25) is 0 Å². The molecular weight excluding hydrogens is 138 g/mol. The number of hydrogen-bond donors (Lipinski definition) is 1. The molecule has 1 N–H and O–H groups in total. The molecule has 0 atom stereocenters. The lowest BCUT2D eigenvalue weighted by Gasteiger charge is -2.01. The summed E-state index contributed by atoms with van der Waals surface area (Å²) in [5, 5.41) is 18.6. The molecule has 0 saturated carbocycles. The van der Waals surface area contributed by atoms with Crippen molar-refractivity contribution < 1.29 is 16.1 Å². The van der Waals surface area contributed by atoms with Gasteiger partial charge in [-0.25, -0.2) is 0 Å². The van der Waals surface area contributed by atoms with E-state index in [9.17, 15) is 5.11 Å². The van der Waals surface area contributed by atoms with Crippen molar-refractivity contribution in [2.24, 2.45) is 0 Å². The lowest BCUT2D eigenvalue weighted by Crippen LogP contribution is -1.83. The van der Waals surface area contributed by atoms with Gasteiger partial charge in [0.15, 0.2) is 0 Å². The molecule has 2 nitrogen and oxygen atoms in total. The number of rotatable bonds is 0. The molecule has 11 heavy (non-hydrogen) atoms. The van der Waals surface area contributed by atoms with E-state index in [0.717, 1.165) is 0 Å². The molecular formula is C9H9NO. The van der Waals surface area contributed by atoms with Crippen molar-refractivity contribution in [3.05, 3.63) is 28.8 Å². The summed E-state index contributed by atoms with van der Waals surface area (Å²) >= 11 is 0. The molecule has 0 aliphatic carbocycles. The van der Waals surface area contributed by atoms with Crippen molar-refractivity contribution in [3.63, 3.8) is 0 Å².